The fraction of sp³-hybridized carbons (Fsp3) is 0.294. The van der Waals surface area contributed by atoms with Crippen molar-refractivity contribution in [3.63, 3.8) is 0 Å². The normalized spacial score (nSPS) is 15.9. The molecule has 1 aliphatic rings. The SMILES string of the molecule is CC(C(=O)Nc1ccc(N)nc1)N1CCc2ccccc2C1. The van der Waals surface area contributed by atoms with Crippen molar-refractivity contribution in [1.82, 2.24) is 9.88 Å². The van der Waals surface area contributed by atoms with Crippen LogP contribution in [0.4, 0.5) is 11.5 Å². The van der Waals surface area contributed by atoms with Crippen molar-refractivity contribution in [2.75, 3.05) is 17.6 Å². The molecule has 1 aromatic carbocycles. The second kappa shape index (κ2) is 6.15. The van der Waals surface area contributed by atoms with E-state index in [4.69, 9.17) is 5.73 Å². The lowest BCUT2D eigenvalue weighted by molar-refractivity contribution is -0.121. The number of carbonyl (C=O) groups is 1. The molecule has 2 aromatic rings. The predicted molar refractivity (Wildman–Crippen MR) is 87.3 cm³/mol. The van der Waals surface area contributed by atoms with Crippen LogP contribution in [0.2, 0.25) is 0 Å². The smallest absolute Gasteiger partial charge is 0.241 e. The number of nitrogen functional groups attached to an aromatic ring is 1. The summed E-state index contributed by atoms with van der Waals surface area (Å²) in [5.41, 5.74) is 8.91. The lowest BCUT2D eigenvalue weighted by atomic mass is 9.99. The van der Waals surface area contributed by atoms with Crippen LogP contribution < -0.4 is 11.1 Å². The van der Waals surface area contributed by atoms with E-state index in [9.17, 15) is 4.79 Å². The maximum Gasteiger partial charge on any atom is 0.241 e. The van der Waals surface area contributed by atoms with Gasteiger partial charge in [0.05, 0.1) is 17.9 Å². The van der Waals surface area contributed by atoms with Gasteiger partial charge in [-0.3, -0.25) is 9.69 Å². The molecule has 0 aliphatic carbocycles. The van der Waals surface area contributed by atoms with E-state index in [0.717, 1.165) is 19.5 Å². The minimum atomic E-state index is -0.189. The van der Waals surface area contributed by atoms with Gasteiger partial charge in [-0.25, -0.2) is 4.98 Å². The summed E-state index contributed by atoms with van der Waals surface area (Å²) in [5, 5.41) is 2.89. The number of fused-ring (bicyclic) bond motifs is 1. The number of pyridine rings is 1. The fourth-order valence-corrected chi connectivity index (χ4v) is 2.74. The molecule has 5 heteroatoms. The van der Waals surface area contributed by atoms with E-state index in [1.807, 2.05) is 13.0 Å². The molecule has 114 valence electrons. The largest absolute Gasteiger partial charge is 0.384 e. The number of nitrogens with one attached hydrogen (secondary N) is 1. The zero-order valence-corrected chi connectivity index (χ0v) is 12.6. The van der Waals surface area contributed by atoms with Crippen LogP contribution in [0.5, 0.6) is 0 Å². The van der Waals surface area contributed by atoms with Gasteiger partial charge in [-0.15, -0.1) is 0 Å². The van der Waals surface area contributed by atoms with Gasteiger partial charge in [0.15, 0.2) is 0 Å². The van der Waals surface area contributed by atoms with Gasteiger partial charge in [0.2, 0.25) is 5.91 Å². The zero-order chi connectivity index (χ0) is 15.5. The molecule has 22 heavy (non-hydrogen) atoms. The number of aromatic nitrogens is 1. The van der Waals surface area contributed by atoms with Crippen LogP contribution in [0.25, 0.3) is 0 Å². The van der Waals surface area contributed by atoms with E-state index in [0.29, 0.717) is 11.5 Å². The molecule has 1 unspecified atom stereocenters. The first-order valence-corrected chi connectivity index (χ1v) is 7.47. The number of carbonyl (C=O) groups excluding carboxylic acids is 1. The number of benzene rings is 1. The maximum absolute atomic E-state index is 12.4. The Morgan fingerprint density at radius 2 is 2.05 bits per heavy atom. The van der Waals surface area contributed by atoms with Crippen molar-refractivity contribution in [2.24, 2.45) is 0 Å². The summed E-state index contributed by atoms with van der Waals surface area (Å²) in [7, 11) is 0. The molecule has 3 rings (SSSR count). The Kier molecular flexibility index (Phi) is 4.06. The molecule has 0 spiro atoms. The summed E-state index contributed by atoms with van der Waals surface area (Å²) in [6.45, 7) is 3.64. The first kappa shape index (κ1) is 14.5. The molecule has 0 saturated carbocycles. The topological polar surface area (TPSA) is 71.2 Å². The lowest BCUT2D eigenvalue weighted by Crippen LogP contribution is -2.44. The van der Waals surface area contributed by atoms with Gasteiger partial charge >= 0.3 is 0 Å². The van der Waals surface area contributed by atoms with E-state index in [1.165, 1.54) is 11.1 Å². The number of nitrogens with two attached hydrogens (primary N) is 1. The monoisotopic (exact) mass is 296 g/mol. The Balaban J connectivity index is 1.65. The van der Waals surface area contributed by atoms with E-state index >= 15 is 0 Å². The van der Waals surface area contributed by atoms with Gasteiger partial charge in [-0.05, 0) is 36.6 Å². The van der Waals surface area contributed by atoms with Gasteiger partial charge in [0.1, 0.15) is 5.82 Å². The molecule has 3 N–H and O–H groups in total. The number of nitrogens with zero attached hydrogens (tertiary/aromatic N) is 2. The Morgan fingerprint density at radius 3 is 2.77 bits per heavy atom. The molecule has 5 nitrogen and oxygen atoms in total. The van der Waals surface area contributed by atoms with Gasteiger partial charge in [0.25, 0.3) is 0 Å². The molecule has 1 aliphatic heterocycles. The first-order chi connectivity index (χ1) is 10.6. The van der Waals surface area contributed by atoms with Gasteiger partial charge in [-0.2, -0.15) is 0 Å². The third kappa shape index (κ3) is 3.09. The number of hydrogen-bond acceptors (Lipinski definition) is 4. The van der Waals surface area contributed by atoms with E-state index in [1.54, 1.807) is 18.3 Å². The third-order valence-electron chi connectivity index (χ3n) is 4.14. The predicted octanol–water partition coefficient (Wildman–Crippen LogP) is 2.05. The van der Waals surface area contributed by atoms with Crippen molar-refractivity contribution in [3.8, 4) is 0 Å². The summed E-state index contributed by atoms with van der Waals surface area (Å²) >= 11 is 0. The Bertz CT molecular complexity index is 669. The Labute approximate surface area is 130 Å². The highest BCUT2D eigenvalue weighted by atomic mass is 16.2. The summed E-state index contributed by atoms with van der Waals surface area (Å²) in [6, 6.07) is 11.7. The fourth-order valence-electron chi connectivity index (χ4n) is 2.74. The molecule has 0 radical (unpaired) electrons. The molecule has 0 bridgehead atoms. The summed E-state index contributed by atoms with van der Waals surface area (Å²) in [4.78, 5) is 18.6. The third-order valence-corrected chi connectivity index (χ3v) is 4.14. The number of rotatable bonds is 3. The van der Waals surface area contributed by atoms with Gasteiger partial charge in [0, 0.05) is 13.1 Å². The average molecular weight is 296 g/mol. The van der Waals surface area contributed by atoms with Crippen molar-refractivity contribution in [3.05, 3.63) is 53.7 Å². The number of amides is 1. The van der Waals surface area contributed by atoms with Crippen LogP contribution in [-0.2, 0) is 17.8 Å². The summed E-state index contributed by atoms with van der Waals surface area (Å²) < 4.78 is 0. The minimum absolute atomic E-state index is 0.0223. The van der Waals surface area contributed by atoms with E-state index in [-0.39, 0.29) is 11.9 Å². The van der Waals surface area contributed by atoms with Crippen LogP contribution in [-0.4, -0.2) is 28.4 Å². The van der Waals surface area contributed by atoms with Crippen LogP contribution >= 0.6 is 0 Å². The summed E-state index contributed by atoms with van der Waals surface area (Å²) in [5.74, 6) is 0.421. The van der Waals surface area contributed by atoms with Crippen molar-refractivity contribution in [2.45, 2.75) is 25.9 Å². The number of anilines is 2. The molecular formula is C17H20N4O. The maximum atomic E-state index is 12.4. The standard InChI is InChI=1S/C17H20N4O/c1-12(17(22)20-15-6-7-16(18)19-10-15)21-9-8-13-4-2-3-5-14(13)11-21/h2-7,10,12H,8-9,11H2,1H3,(H2,18,19)(H,20,22). The molecule has 1 aromatic heterocycles. The quantitative estimate of drug-likeness (QED) is 0.909. The molecule has 0 saturated heterocycles. The lowest BCUT2D eigenvalue weighted by Gasteiger charge is -2.32. The van der Waals surface area contributed by atoms with Crippen molar-refractivity contribution >= 4 is 17.4 Å². The molecule has 1 atom stereocenters. The zero-order valence-electron chi connectivity index (χ0n) is 12.6. The minimum Gasteiger partial charge on any atom is -0.384 e. The summed E-state index contributed by atoms with van der Waals surface area (Å²) in [6.07, 6.45) is 2.56. The Morgan fingerprint density at radius 1 is 1.27 bits per heavy atom. The molecule has 2 heterocycles. The van der Waals surface area contributed by atoms with Crippen LogP contribution in [0.15, 0.2) is 42.6 Å². The van der Waals surface area contributed by atoms with E-state index in [2.05, 4.69) is 33.4 Å². The second-order valence-electron chi connectivity index (χ2n) is 5.63. The van der Waals surface area contributed by atoms with Crippen LogP contribution in [0, 0.1) is 0 Å². The molecular weight excluding hydrogens is 276 g/mol. The van der Waals surface area contributed by atoms with Gasteiger partial charge in [-0.1, -0.05) is 24.3 Å². The van der Waals surface area contributed by atoms with Crippen LogP contribution in [0.1, 0.15) is 18.1 Å². The molecule has 0 fully saturated rings. The van der Waals surface area contributed by atoms with Crippen LogP contribution in [0.3, 0.4) is 0 Å². The first-order valence-electron chi connectivity index (χ1n) is 7.47. The highest BCUT2D eigenvalue weighted by Crippen LogP contribution is 2.20. The highest BCUT2D eigenvalue weighted by Gasteiger charge is 2.25. The average Bonchev–Trinajstić information content (AvgIpc) is 2.55. The van der Waals surface area contributed by atoms with Gasteiger partial charge < -0.3 is 11.1 Å². The Hall–Kier alpha value is -2.40. The second-order valence-corrected chi connectivity index (χ2v) is 5.63. The number of hydrogen-bond donors (Lipinski definition) is 2. The van der Waals surface area contributed by atoms with Crippen molar-refractivity contribution in [1.29, 1.82) is 0 Å². The van der Waals surface area contributed by atoms with E-state index < -0.39 is 0 Å². The highest BCUT2D eigenvalue weighted by molar-refractivity contribution is 5.94. The molecule has 1 amide bonds. The van der Waals surface area contributed by atoms with Crippen molar-refractivity contribution < 1.29 is 4.79 Å².